The van der Waals surface area contributed by atoms with Crippen molar-refractivity contribution in [3.05, 3.63) is 93.0 Å². The van der Waals surface area contributed by atoms with E-state index in [1.165, 1.54) is 0 Å². The second-order valence-electron chi connectivity index (χ2n) is 15.3. The number of benzene rings is 3. The van der Waals surface area contributed by atoms with Crippen LogP contribution in [0.5, 0.6) is 0 Å². The normalized spacial score (nSPS) is 20.0. The van der Waals surface area contributed by atoms with Crippen LogP contribution in [0.25, 0.3) is 0 Å². The van der Waals surface area contributed by atoms with Crippen LogP contribution in [-0.2, 0) is 27.5 Å². The Morgan fingerprint density at radius 2 is 1.61 bits per heavy atom. The van der Waals surface area contributed by atoms with E-state index >= 15 is 0 Å². The fourth-order valence-corrected chi connectivity index (χ4v) is 8.86. The first kappa shape index (κ1) is 37.2. The highest BCUT2D eigenvalue weighted by molar-refractivity contribution is 6.32. The molecule has 3 saturated heterocycles. The highest BCUT2D eigenvalue weighted by Crippen LogP contribution is 2.42. The predicted octanol–water partition coefficient (Wildman–Crippen LogP) is 3.29. The standard InChI is InChI=1S/C41H41ClN8O6/c42-33-19-30(5-4-26(33)20-43)47-13-8-41(9-14-47)10-15-48(24-41)38(54)25-2-1-3-29(16-25)45-12-11-44-21-36(52)49-22-27-17-31-32(18-28(27)23-49)40(56)50(39(31)55)34-6-7-35(51)46-37(34)53/h1-5,16-19,34,44-45H,6-15,21-24H2,(H,46,51,53). The highest BCUT2D eigenvalue weighted by atomic mass is 35.5. The van der Waals surface area contributed by atoms with Gasteiger partial charge in [0.2, 0.25) is 17.7 Å². The zero-order valence-corrected chi connectivity index (χ0v) is 31.5. The first-order chi connectivity index (χ1) is 27.0. The molecule has 5 heterocycles. The summed E-state index contributed by atoms with van der Waals surface area (Å²) in [7, 11) is 0. The van der Waals surface area contributed by atoms with Crippen LogP contribution >= 0.6 is 11.6 Å². The van der Waals surface area contributed by atoms with Crippen LogP contribution < -0.4 is 20.9 Å². The summed E-state index contributed by atoms with van der Waals surface area (Å²) < 4.78 is 0. The molecule has 15 heteroatoms. The second kappa shape index (κ2) is 15.0. The molecule has 1 spiro atoms. The van der Waals surface area contributed by atoms with E-state index in [4.69, 9.17) is 11.6 Å². The number of nitriles is 1. The number of likely N-dealkylation sites (tertiary alicyclic amines) is 1. The molecule has 3 fully saturated rings. The number of nitrogens with one attached hydrogen (secondary N) is 3. The molecule has 56 heavy (non-hydrogen) atoms. The summed E-state index contributed by atoms with van der Waals surface area (Å²) in [5, 5.41) is 18.4. The Bertz CT molecular complexity index is 2170. The van der Waals surface area contributed by atoms with Crippen LogP contribution in [0.1, 0.15) is 79.9 Å². The number of halogens is 1. The van der Waals surface area contributed by atoms with Gasteiger partial charge in [-0.3, -0.25) is 39.0 Å². The predicted molar refractivity (Wildman–Crippen MR) is 206 cm³/mol. The summed E-state index contributed by atoms with van der Waals surface area (Å²) in [4.78, 5) is 83.9. The molecule has 8 rings (SSSR count). The van der Waals surface area contributed by atoms with Gasteiger partial charge in [0.1, 0.15) is 12.1 Å². The monoisotopic (exact) mass is 776 g/mol. The summed E-state index contributed by atoms with van der Waals surface area (Å²) in [5.41, 5.74) is 5.00. The van der Waals surface area contributed by atoms with E-state index in [9.17, 15) is 34.0 Å². The number of fused-ring (bicyclic) bond motifs is 2. The molecular weight excluding hydrogens is 736 g/mol. The van der Waals surface area contributed by atoms with E-state index in [2.05, 4.69) is 26.9 Å². The fourth-order valence-electron chi connectivity index (χ4n) is 8.64. The summed E-state index contributed by atoms with van der Waals surface area (Å²) in [6.45, 7) is 4.92. The Morgan fingerprint density at radius 3 is 2.29 bits per heavy atom. The summed E-state index contributed by atoms with van der Waals surface area (Å²) >= 11 is 6.28. The maximum atomic E-state index is 13.6. The van der Waals surface area contributed by atoms with E-state index in [1.807, 2.05) is 41.3 Å². The van der Waals surface area contributed by atoms with E-state index in [0.29, 0.717) is 42.3 Å². The molecule has 0 aliphatic carbocycles. The third kappa shape index (κ3) is 7.08. The average Bonchev–Trinajstić information content (AvgIpc) is 3.88. The zero-order valence-electron chi connectivity index (χ0n) is 30.7. The van der Waals surface area contributed by atoms with Crippen molar-refractivity contribution in [3.63, 3.8) is 0 Å². The molecule has 1 unspecified atom stereocenters. The number of hydrogen-bond donors (Lipinski definition) is 3. The van der Waals surface area contributed by atoms with Crippen LogP contribution in [0, 0.1) is 16.7 Å². The number of rotatable bonds is 9. The average molecular weight is 777 g/mol. The molecule has 288 valence electrons. The smallest absolute Gasteiger partial charge is 0.262 e. The Kier molecular flexibility index (Phi) is 9.98. The lowest BCUT2D eigenvalue weighted by atomic mass is 9.77. The van der Waals surface area contributed by atoms with Gasteiger partial charge in [-0.2, -0.15) is 5.26 Å². The van der Waals surface area contributed by atoms with Crippen LogP contribution in [0.3, 0.4) is 0 Å². The summed E-state index contributed by atoms with van der Waals surface area (Å²) in [6.07, 6.45) is 3.07. The van der Waals surface area contributed by atoms with Crippen LogP contribution in [-0.4, -0.2) is 102 Å². The minimum absolute atomic E-state index is 0.0211. The molecule has 3 N–H and O–H groups in total. The first-order valence-electron chi connectivity index (χ1n) is 19.0. The van der Waals surface area contributed by atoms with Gasteiger partial charge in [-0.05, 0) is 90.8 Å². The van der Waals surface area contributed by atoms with Gasteiger partial charge in [0.05, 0.1) is 28.3 Å². The Balaban J connectivity index is 0.776. The third-order valence-corrected chi connectivity index (χ3v) is 12.2. The number of imide groups is 2. The Hall–Kier alpha value is -5.78. The van der Waals surface area contributed by atoms with Gasteiger partial charge in [0, 0.05) is 75.7 Å². The fraction of sp³-hybridized carbons (Fsp3) is 0.390. The lowest BCUT2D eigenvalue weighted by Gasteiger charge is -2.40. The summed E-state index contributed by atoms with van der Waals surface area (Å²) in [6, 6.07) is 17.4. The number of carbonyl (C=O) groups is 6. The SMILES string of the molecule is N#Cc1ccc(N2CCC3(CCN(C(=O)c4cccc(NCCNCC(=O)N5Cc6cc7c(cc6C5)C(=O)N(C5CCC(=O)NC5=O)C7=O)c4)C3)CC2)cc1Cl. The molecule has 3 aromatic carbocycles. The van der Waals surface area contributed by atoms with Crippen LogP contribution in [0.4, 0.5) is 11.4 Å². The number of piperidine rings is 2. The van der Waals surface area contributed by atoms with E-state index < -0.39 is 29.7 Å². The van der Waals surface area contributed by atoms with Crippen molar-refractivity contribution >= 4 is 58.4 Å². The number of hydrogen-bond acceptors (Lipinski definition) is 10. The largest absolute Gasteiger partial charge is 0.384 e. The van der Waals surface area contributed by atoms with Gasteiger partial charge in [0.25, 0.3) is 17.7 Å². The molecule has 0 bridgehead atoms. The van der Waals surface area contributed by atoms with Crippen molar-refractivity contribution in [1.29, 1.82) is 5.26 Å². The van der Waals surface area contributed by atoms with Crippen molar-refractivity contribution < 1.29 is 28.8 Å². The molecule has 1 atom stereocenters. The molecule has 5 aliphatic heterocycles. The number of carbonyl (C=O) groups excluding carboxylic acids is 6. The van der Waals surface area contributed by atoms with Gasteiger partial charge < -0.3 is 25.3 Å². The quantitative estimate of drug-likeness (QED) is 0.216. The molecule has 0 saturated carbocycles. The minimum Gasteiger partial charge on any atom is -0.384 e. The zero-order chi connectivity index (χ0) is 39.1. The lowest BCUT2D eigenvalue weighted by Crippen LogP contribution is -2.54. The molecule has 3 aromatic rings. The van der Waals surface area contributed by atoms with Crippen molar-refractivity contribution in [2.45, 2.75) is 51.2 Å². The molecular formula is C41H41ClN8O6. The topological polar surface area (TPSA) is 175 Å². The van der Waals surface area contributed by atoms with Crippen molar-refractivity contribution in [2.75, 3.05) is 56.0 Å². The van der Waals surface area contributed by atoms with E-state index in [-0.39, 0.29) is 47.7 Å². The van der Waals surface area contributed by atoms with Gasteiger partial charge in [-0.25, -0.2) is 0 Å². The second-order valence-corrected chi connectivity index (χ2v) is 15.7. The maximum Gasteiger partial charge on any atom is 0.262 e. The molecule has 14 nitrogen and oxygen atoms in total. The Morgan fingerprint density at radius 1 is 0.893 bits per heavy atom. The van der Waals surface area contributed by atoms with Crippen LogP contribution in [0.2, 0.25) is 5.02 Å². The van der Waals surface area contributed by atoms with Crippen molar-refractivity contribution in [2.24, 2.45) is 5.41 Å². The van der Waals surface area contributed by atoms with E-state index in [1.54, 1.807) is 23.1 Å². The van der Waals surface area contributed by atoms with Gasteiger partial charge >= 0.3 is 0 Å². The minimum atomic E-state index is -1.03. The van der Waals surface area contributed by atoms with Crippen molar-refractivity contribution in [1.82, 2.24) is 25.3 Å². The van der Waals surface area contributed by atoms with Crippen molar-refractivity contribution in [3.8, 4) is 6.07 Å². The van der Waals surface area contributed by atoms with E-state index in [0.717, 1.165) is 72.8 Å². The van der Waals surface area contributed by atoms with Crippen LogP contribution in [0.15, 0.2) is 54.6 Å². The molecule has 0 radical (unpaired) electrons. The first-order valence-corrected chi connectivity index (χ1v) is 19.3. The molecule has 5 aliphatic rings. The molecule has 6 amide bonds. The summed E-state index contributed by atoms with van der Waals surface area (Å²) in [5.74, 6) is -2.32. The van der Waals surface area contributed by atoms with Gasteiger partial charge in [-0.1, -0.05) is 17.7 Å². The van der Waals surface area contributed by atoms with Gasteiger partial charge in [0.15, 0.2) is 0 Å². The third-order valence-electron chi connectivity index (χ3n) is 11.8. The Labute approximate surface area is 328 Å². The molecule has 0 aromatic heterocycles. The highest BCUT2D eigenvalue weighted by Gasteiger charge is 2.46. The van der Waals surface area contributed by atoms with Gasteiger partial charge in [-0.15, -0.1) is 0 Å². The maximum absolute atomic E-state index is 13.6. The number of nitrogens with zero attached hydrogens (tertiary/aromatic N) is 5. The number of amides is 6. The lowest BCUT2D eigenvalue weighted by molar-refractivity contribution is -0.136. The number of anilines is 2.